The van der Waals surface area contributed by atoms with E-state index in [4.69, 9.17) is 5.11 Å². The summed E-state index contributed by atoms with van der Waals surface area (Å²) in [7, 11) is 0. The molecule has 0 spiro atoms. The van der Waals surface area contributed by atoms with Crippen molar-refractivity contribution in [3.8, 4) is 5.75 Å². The molecule has 0 amide bonds. The number of hydrogen-bond donors (Lipinski definition) is 2. The van der Waals surface area contributed by atoms with Gasteiger partial charge in [-0.1, -0.05) is 52.0 Å². The number of aromatic hydroxyl groups is 1. The van der Waals surface area contributed by atoms with E-state index in [2.05, 4.69) is 45.9 Å². The lowest BCUT2D eigenvalue weighted by atomic mass is 9.62. The van der Waals surface area contributed by atoms with Crippen molar-refractivity contribution in [2.45, 2.75) is 69.6 Å². The molecule has 2 aromatic carbocycles. The van der Waals surface area contributed by atoms with Gasteiger partial charge in [-0.25, -0.2) is 4.79 Å². The van der Waals surface area contributed by atoms with Crippen molar-refractivity contribution < 1.29 is 15.0 Å². The maximum absolute atomic E-state index is 10.9. The topological polar surface area (TPSA) is 57.5 Å². The third kappa shape index (κ3) is 3.37. The molecule has 3 heteroatoms. The monoisotopic (exact) mass is 390 g/mol. The fourth-order valence-corrected chi connectivity index (χ4v) is 4.93. The van der Waals surface area contributed by atoms with Crippen LogP contribution in [-0.2, 0) is 21.0 Å². The van der Waals surface area contributed by atoms with Crippen LogP contribution in [0.2, 0.25) is 0 Å². The van der Waals surface area contributed by atoms with E-state index < -0.39 is 5.97 Å². The van der Waals surface area contributed by atoms with Crippen LogP contribution in [-0.4, -0.2) is 16.2 Å². The van der Waals surface area contributed by atoms with Gasteiger partial charge in [-0.05, 0) is 77.0 Å². The SMILES string of the molecule is CC1(C)CCC(C)(C)c2cc(C3(c4cc(/C=C/C(=O)O)ccc4O)CC3)ccc21. The zero-order chi connectivity index (χ0) is 21.0. The number of carboxylic acids is 1. The maximum Gasteiger partial charge on any atom is 0.328 e. The number of phenolic OH excluding ortho intramolecular Hbond substituents is 1. The lowest BCUT2D eigenvalue weighted by molar-refractivity contribution is -0.131. The predicted molar refractivity (Wildman–Crippen MR) is 117 cm³/mol. The largest absolute Gasteiger partial charge is 0.508 e. The van der Waals surface area contributed by atoms with Crippen LogP contribution in [0.1, 0.15) is 81.2 Å². The van der Waals surface area contributed by atoms with Crippen LogP contribution >= 0.6 is 0 Å². The van der Waals surface area contributed by atoms with Crippen molar-refractivity contribution in [2.75, 3.05) is 0 Å². The van der Waals surface area contributed by atoms with Gasteiger partial charge < -0.3 is 10.2 Å². The Morgan fingerprint density at radius 1 is 0.862 bits per heavy atom. The average molecular weight is 391 g/mol. The van der Waals surface area contributed by atoms with E-state index in [1.165, 1.54) is 29.5 Å². The number of fused-ring (bicyclic) bond motifs is 1. The van der Waals surface area contributed by atoms with Crippen LogP contribution in [0, 0.1) is 0 Å². The summed E-state index contributed by atoms with van der Waals surface area (Å²) in [5, 5.41) is 19.5. The Morgan fingerprint density at radius 2 is 1.52 bits per heavy atom. The van der Waals surface area contributed by atoms with Crippen molar-refractivity contribution in [3.63, 3.8) is 0 Å². The molecule has 4 rings (SSSR count). The van der Waals surface area contributed by atoms with E-state index in [0.29, 0.717) is 0 Å². The number of carbonyl (C=O) groups is 1. The Labute approximate surface area is 173 Å². The number of hydrogen-bond acceptors (Lipinski definition) is 2. The lowest BCUT2D eigenvalue weighted by Gasteiger charge is -2.42. The molecular weight excluding hydrogens is 360 g/mol. The average Bonchev–Trinajstić information content (AvgIpc) is 3.46. The molecule has 2 aliphatic rings. The molecule has 0 unspecified atom stereocenters. The molecule has 2 aromatic rings. The smallest absolute Gasteiger partial charge is 0.328 e. The summed E-state index contributed by atoms with van der Waals surface area (Å²) in [5.74, 6) is -0.687. The molecule has 1 fully saturated rings. The second-order valence-electron chi connectivity index (χ2n) is 10.1. The second kappa shape index (κ2) is 6.48. The van der Waals surface area contributed by atoms with Crippen molar-refractivity contribution in [2.24, 2.45) is 0 Å². The first-order valence-corrected chi connectivity index (χ1v) is 10.5. The van der Waals surface area contributed by atoms with Crippen LogP contribution < -0.4 is 0 Å². The summed E-state index contributed by atoms with van der Waals surface area (Å²) in [6.07, 6.45) is 7.07. The van der Waals surface area contributed by atoms with E-state index in [1.807, 2.05) is 6.07 Å². The van der Waals surface area contributed by atoms with E-state index in [1.54, 1.807) is 18.2 Å². The second-order valence-corrected chi connectivity index (χ2v) is 10.1. The van der Waals surface area contributed by atoms with Gasteiger partial charge in [-0.15, -0.1) is 0 Å². The van der Waals surface area contributed by atoms with Gasteiger partial charge in [0.25, 0.3) is 0 Å². The third-order valence-corrected chi connectivity index (χ3v) is 7.11. The van der Waals surface area contributed by atoms with Gasteiger partial charge in [0.05, 0.1) is 0 Å². The molecule has 152 valence electrons. The molecule has 0 saturated heterocycles. The molecule has 2 aliphatic carbocycles. The van der Waals surface area contributed by atoms with Crippen LogP contribution in [0.15, 0.2) is 42.5 Å². The fourth-order valence-electron chi connectivity index (χ4n) is 4.93. The minimum Gasteiger partial charge on any atom is -0.508 e. The number of benzene rings is 2. The van der Waals surface area contributed by atoms with E-state index in [-0.39, 0.29) is 22.0 Å². The highest BCUT2D eigenvalue weighted by Gasteiger charge is 2.48. The Bertz CT molecular complexity index is 1010. The third-order valence-electron chi connectivity index (χ3n) is 7.11. The predicted octanol–water partition coefficient (Wildman–Crippen LogP) is 5.92. The van der Waals surface area contributed by atoms with Gasteiger partial charge in [0.15, 0.2) is 0 Å². The van der Waals surface area contributed by atoms with Gasteiger partial charge in [-0.3, -0.25) is 0 Å². The van der Waals surface area contributed by atoms with E-state index in [0.717, 1.165) is 30.0 Å². The Kier molecular flexibility index (Phi) is 4.41. The van der Waals surface area contributed by atoms with Crippen LogP contribution in [0.4, 0.5) is 0 Å². The number of carboxylic acid groups (broad SMARTS) is 1. The number of phenols is 1. The highest BCUT2D eigenvalue weighted by atomic mass is 16.4. The molecule has 0 aliphatic heterocycles. The molecule has 1 saturated carbocycles. The van der Waals surface area contributed by atoms with Gasteiger partial charge in [0.1, 0.15) is 5.75 Å². The first-order chi connectivity index (χ1) is 13.6. The molecule has 2 N–H and O–H groups in total. The lowest BCUT2D eigenvalue weighted by Crippen LogP contribution is -2.34. The van der Waals surface area contributed by atoms with E-state index in [9.17, 15) is 9.90 Å². The van der Waals surface area contributed by atoms with Crippen LogP contribution in [0.5, 0.6) is 5.75 Å². The van der Waals surface area contributed by atoms with Gasteiger partial charge in [-0.2, -0.15) is 0 Å². The zero-order valence-corrected chi connectivity index (χ0v) is 17.7. The summed E-state index contributed by atoms with van der Waals surface area (Å²) in [6.45, 7) is 9.33. The minimum absolute atomic E-state index is 0.144. The summed E-state index contributed by atoms with van der Waals surface area (Å²) >= 11 is 0. The van der Waals surface area contributed by atoms with Gasteiger partial charge in [0.2, 0.25) is 0 Å². The van der Waals surface area contributed by atoms with Crippen LogP contribution in [0.3, 0.4) is 0 Å². The first kappa shape index (κ1) is 19.8. The fraction of sp³-hybridized carbons (Fsp3) is 0.423. The van der Waals surface area contributed by atoms with Crippen molar-refractivity contribution in [1.29, 1.82) is 0 Å². The Morgan fingerprint density at radius 3 is 2.14 bits per heavy atom. The summed E-state index contributed by atoms with van der Waals surface area (Å²) < 4.78 is 0. The summed E-state index contributed by atoms with van der Waals surface area (Å²) in [5.41, 5.74) is 5.98. The molecular formula is C26H30O3. The highest BCUT2D eigenvalue weighted by molar-refractivity contribution is 5.85. The number of aliphatic carboxylic acids is 1. The normalized spacial score (nSPS) is 21.0. The van der Waals surface area contributed by atoms with Crippen molar-refractivity contribution in [1.82, 2.24) is 0 Å². The van der Waals surface area contributed by atoms with E-state index >= 15 is 0 Å². The number of rotatable bonds is 4. The molecule has 0 atom stereocenters. The highest BCUT2D eigenvalue weighted by Crippen LogP contribution is 2.57. The molecule has 3 nitrogen and oxygen atoms in total. The van der Waals surface area contributed by atoms with Gasteiger partial charge in [0, 0.05) is 17.1 Å². The first-order valence-electron chi connectivity index (χ1n) is 10.5. The summed E-state index contributed by atoms with van der Waals surface area (Å²) in [6, 6.07) is 12.3. The Balaban J connectivity index is 1.80. The molecule has 0 aromatic heterocycles. The summed E-state index contributed by atoms with van der Waals surface area (Å²) in [4.78, 5) is 10.9. The standard InChI is InChI=1S/C26H30O3/c1-24(2)11-12-25(3,4)20-16-18(7-8-19(20)24)26(13-14-26)21-15-17(5-9-22(21)27)6-10-23(28)29/h5-10,15-16,27H,11-14H2,1-4H3,(H,28,29)/b10-6+. The van der Waals surface area contributed by atoms with Gasteiger partial charge >= 0.3 is 5.97 Å². The molecule has 0 radical (unpaired) electrons. The van der Waals surface area contributed by atoms with Crippen LogP contribution in [0.25, 0.3) is 6.08 Å². The quantitative estimate of drug-likeness (QED) is 0.637. The maximum atomic E-state index is 10.9. The molecule has 29 heavy (non-hydrogen) atoms. The molecule has 0 heterocycles. The zero-order valence-electron chi connectivity index (χ0n) is 17.7. The Hall–Kier alpha value is -2.55. The molecule has 0 bridgehead atoms. The van der Waals surface area contributed by atoms with Crippen molar-refractivity contribution in [3.05, 3.63) is 70.3 Å². The minimum atomic E-state index is -0.972. The van der Waals surface area contributed by atoms with Crippen molar-refractivity contribution >= 4 is 12.0 Å².